The number of phosphoric acid groups is 1. The number of aromatic nitrogens is 6. The summed E-state index contributed by atoms with van der Waals surface area (Å²) in [5, 5.41) is 4.95. The van der Waals surface area contributed by atoms with Crippen LogP contribution in [0.5, 0.6) is 0 Å². The third-order valence-corrected chi connectivity index (χ3v) is 6.40. The van der Waals surface area contributed by atoms with E-state index < -0.39 is 7.82 Å². The Labute approximate surface area is 221 Å². The van der Waals surface area contributed by atoms with Gasteiger partial charge in [-0.25, -0.2) is 33.6 Å². The fourth-order valence-electron chi connectivity index (χ4n) is 4.17. The van der Waals surface area contributed by atoms with Crippen LogP contribution in [0.15, 0.2) is 67.1 Å². The number of fused-ring (bicyclic) bond motifs is 2. The lowest BCUT2D eigenvalue weighted by molar-refractivity contribution is 0.146. The standard InChI is InChI=1S/C26H19FN7O4P/c27-21-4-3-18-13-33(14-19(18)12-21)26-29-10-8-24(31-26)25-28-9-7-22(30-25)5-1-17-2-6-23-20(11-17)15-34(32-23)16-38-39(35,36)37/h2-4,6-12,15H,13-14,16H2,(H2,35,36,37). The van der Waals surface area contributed by atoms with E-state index in [0.29, 0.717) is 47.3 Å². The maximum Gasteiger partial charge on any atom is 0.471 e. The zero-order valence-electron chi connectivity index (χ0n) is 20.1. The summed E-state index contributed by atoms with van der Waals surface area (Å²) in [7, 11) is -4.60. The van der Waals surface area contributed by atoms with E-state index in [9.17, 15) is 8.96 Å². The van der Waals surface area contributed by atoms with E-state index in [0.717, 1.165) is 16.5 Å². The average Bonchev–Trinajstić information content (AvgIpc) is 3.54. The van der Waals surface area contributed by atoms with Crippen LogP contribution in [-0.4, -0.2) is 39.5 Å². The molecule has 0 bridgehead atoms. The van der Waals surface area contributed by atoms with Crippen molar-refractivity contribution in [1.29, 1.82) is 0 Å². The molecule has 4 heterocycles. The molecule has 3 aromatic heterocycles. The van der Waals surface area contributed by atoms with Crippen molar-refractivity contribution in [3.05, 3.63) is 95.3 Å². The minimum atomic E-state index is -4.60. The van der Waals surface area contributed by atoms with Gasteiger partial charge >= 0.3 is 7.82 Å². The highest BCUT2D eigenvalue weighted by atomic mass is 31.2. The Morgan fingerprint density at radius 2 is 1.82 bits per heavy atom. The lowest BCUT2D eigenvalue weighted by Crippen LogP contribution is -2.17. The molecule has 1 aliphatic heterocycles. The number of rotatable bonds is 5. The summed E-state index contributed by atoms with van der Waals surface area (Å²) < 4.78 is 30.3. The highest BCUT2D eigenvalue weighted by Gasteiger charge is 2.22. The van der Waals surface area contributed by atoms with Crippen LogP contribution in [-0.2, 0) is 28.9 Å². The molecule has 1 aliphatic rings. The summed E-state index contributed by atoms with van der Waals surface area (Å²) in [5.74, 6) is 6.73. The smallest absolute Gasteiger partial charge is 0.332 e. The lowest BCUT2D eigenvalue weighted by atomic mass is 10.1. The van der Waals surface area contributed by atoms with Crippen LogP contribution in [0.3, 0.4) is 0 Å². The normalized spacial score (nSPS) is 12.8. The first kappa shape index (κ1) is 24.8. The highest BCUT2D eigenvalue weighted by molar-refractivity contribution is 7.46. The van der Waals surface area contributed by atoms with Crippen LogP contribution in [0.1, 0.15) is 22.4 Å². The van der Waals surface area contributed by atoms with Gasteiger partial charge in [-0.1, -0.05) is 12.0 Å². The maximum absolute atomic E-state index is 13.6. The van der Waals surface area contributed by atoms with E-state index in [1.54, 1.807) is 48.9 Å². The second-order valence-electron chi connectivity index (χ2n) is 8.72. The van der Waals surface area contributed by atoms with Gasteiger partial charge in [0.05, 0.1) is 5.52 Å². The van der Waals surface area contributed by atoms with Crippen LogP contribution >= 0.6 is 7.82 Å². The van der Waals surface area contributed by atoms with Crippen LogP contribution in [0.4, 0.5) is 10.3 Å². The van der Waals surface area contributed by atoms with Gasteiger partial charge in [-0.3, -0.25) is 4.52 Å². The molecule has 39 heavy (non-hydrogen) atoms. The van der Waals surface area contributed by atoms with E-state index in [2.05, 4.69) is 41.4 Å². The Bertz CT molecular complexity index is 1830. The van der Waals surface area contributed by atoms with Crippen LogP contribution in [0, 0.1) is 17.7 Å². The van der Waals surface area contributed by atoms with E-state index >= 15 is 0 Å². The zero-order chi connectivity index (χ0) is 27.0. The second-order valence-corrected chi connectivity index (χ2v) is 9.96. The van der Waals surface area contributed by atoms with Crippen LogP contribution in [0.25, 0.3) is 22.4 Å². The summed E-state index contributed by atoms with van der Waals surface area (Å²) >= 11 is 0. The van der Waals surface area contributed by atoms with Gasteiger partial charge in [0.1, 0.15) is 17.2 Å². The van der Waals surface area contributed by atoms with E-state index in [1.165, 1.54) is 16.8 Å². The molecule has 0 amide bonds. The molecule has 0 radical (unpaired) electrons. The predicted molar refractivity (Wildman–Crippen MR) is 138 cm³/mol. The highest BCUT2D eigenvalue weighted by Crippen LogP contribution is 2.36. The Kier molecular flexibility index (Phi) is 6.34. The molecule has 2 aromatic carbocycles. The van der Waals surface area contributed by atoms with E-state index in [4.69, 9.17) is 9.79 Å². The summed E-state index contributed by atoms with van der Waals surface area (Å²) in [6, 6.07) is 13.5. The maximum atomic E-state index is 13.6. The van der Waals surface area contributed by atoms with E-state index in [1.807, 2.05) is 11.0 Å². The quantitative estimate of drug-likeness (QED) is 0.250. The Balaban J connectivity index is 1.20. The van der Waals surface area contributed by atoms with Gasteiger partial charge in [-0.15, -0.1) is 0 Å². The molecule has 6 rings (SSSR count). The minimum absolute atomic E-state index is 0.264. The van der Waals surface area contributed by atoms with Gasteiger partial charge in [0.15, 0.2) is 12.6 Å². The first-order valence-electron chi connectivity index (χ1n) is 11.7. The van der Waals surface area contributed by atoms with Gasteiger partial charge in [0, 0.05) is 42.6 Å². The predicted octanol–water partition coefficient (Wildman–Crippen LogP) is 3.41. The molecule has 0 unspecified atom stereocenters. The van der Waals surface area contributed by atoms with Crippen molar-refractivity contribution in [2.75, 3.05) is 4.90 Å². The van der Waals surface area contributed by atoms with Crippen molar-refractivity contribution < 1.29 is 23.3 Å². The number of nitrogens with zero attached hydrogens (tertiary/aromatic N) is 7. The lowest BCUT2D eigenvalue weighted by Gasteiger charge is -2.15. The third-order valence-electron chi connectivity index (χ3n) is 5.95. The molecule has 0 fully saturated rings. The van der Waals surface area contributed by atoms with E-state index in [-0.39, 0.29) is 12.5 Å². The monoisotopic (exact) mass is 543 g/mol. The molecule has 194 valence electrons. The van der Waals surface area contributed by atoms with Crippen LogP contribution < -0.4 is 4.90 Å². The zero-order valence-corrected chi connectivity index (χ0v) is 21.0. The third kappa shape index (κ3) is 5.67. The van der Waals surface area contributed by atoms with Crippen molar-refractivity contribution >= 4 is 24.7 Å². The van der Waals surface area contributed by atoms with Gasteiger partial charge in [0.2, 0.25) is 5.95 Å². The summed E-state index contributed by atoms with van der Waals surface area (Å²) in [5.41, 5.74) is 4.32. The number of anilines is 1. The molecule has 11 nitrogen and oxygen atoms in total. The fourth-order valence-corrected chi connectivity index (χ4v) is 4.44. The van der Waals surface area contributed by atoms with Crippen molar-refractivity contribution in [2.45, 2.75) is 19.8 Å². The van der Waals surface area contributed by atoms with Crippen molar-refractivity contribution in [3.63, 3.8) is 0 Å². The van der Waals surface area contributed by atoms with Gasteiger partial charge in [-0.05, 0) is 59.5 Å². The summed E-state index contributed by atoms with van der Waals surface area (Å²) in [6.07, 6.45) is 4.86. The van der Waals surface area contributed by atoms with Crippen molar-refractivity contribution in [2.24, 2.45) is 0 Å². The molecule has 2 N–H and O–H groups in total. The van der Waals surface area contributed by atoms with Gasteiger partial charge < -0.3 is 14.7 Å². The molecule has 5 aromatic rings. The van der Waals surface area contributed by atoms with Crippen molar-refractivity contribution in [3.8, 4) is 23.4 Å². The molecule has 0 saturated carbocycles. The Morgan fingerprint density at radius 1 is 0.974 bits per heavy atom. The first-order valence-corrected chi connectivity index (χ1v) is 13.2. The van der Waals surface area contributed by atoms with Crippen LogP contribution in [0.2, 0.25) is 0 Å². The van der Waals surface area contributed by atoms with Gasteiger partial charge in [0.25, 0.3) is 0 Å². The fraction of sp³-hybridized carbons (Fsp3) is 0.115. The Hall–Kier alpha value is -4.53. The molecule has 13 heteroatoms. The first-order chi connectivity index (χ1) is 18.8. The average molecular weight is 543 g/mol. The molecule has 0 saturated heterocycles. The molecular weight excluding hydrogens is 524 g/mol. The molecule has 0 spiro atoms. The molecule has 0 aliphatic carbocycles. The van der Waals surface area contributed by atoms with Gasteiger partial charge in [-0.2, -0.15) is 5.10 Å². The summed E-state index contributed by atoms with van der Waals surface area (Å²) in [6.45, 7) is 0.728. The molecule has 0 atom stereocenters. The number of hydrogen-bond donors (Lipinski definition) is 2. The molecular formula is C26H19FN7O4P. The number of halogens is 1. The number of benzene rings is 2. The summed E-state index contributed by atoms with van der Waals surface area (Å²) in [4.78, 5) is 37.6. The van der Waals surface area contributed by atoms with Crippen molar-refractivity contribution in [1.82, 2.24) is 29.7 Å². The minimum Gasteiger partial charge on any atom is -0.332 e. The number of phosphoric ester groups is 1. The topological polar surface area (TPSA) is 139 Å². The largest absolute Gasteiger partial charge is 0.471 e. The SMILES string of the molecule is O=P(O)(O)OCn1cc2cc(C#Cc3ccnc(-c4ccnc(N5Cc6ccc(F)cc6C5)n4)n3)ccc2n1. The Morgan fingerprint density at radius 3 is 2.69 bits per heavy atom. The second kappa shape index (κ2) is 9.98. The number of hydrogen-bond acceptors (Lipinski definition) is 8.